The van der Waals surface area contributed by atoms with Gasteiger partial charge >= 0.3 is 0 Å². The molecule has 1 aliphatic heterocycles. The van der Waals surface area contributed by atoms with Crippen LogP contribution in [0.3, 0.4) is 0 Å². The molecule has 0 amide bonds. The van der Waals surface area contributed by atoms with Crippen molar-refractivity contribution in [2.24, 2.45) is 10.7 Å². The Hall–Kier alpha value is -0.830. The molecule has 1 aliphatic rings. The first-order chi connectivity index (χ1) is 8.25. The highest BCUT2D eigenvalue weighted by Gasteiger charge is 2.17. The van der Waals surface area contributed by atoms with Crippen molar-refractivity contribution in [3.63, 3.8) is 0 Å². The average molecular weight is 237 g/mol. The summed E-state index contributed by atoms with van der Waals surface area (Å²) in [6, 6.07) is 0. The molecule has 0 fully saturated rings. The third-order valence-corrected chi connectivity index (χ3v) is 3.15. The number of amidine groups is 1. The van der Waals surface area contributed by atoms with E-state index < -0.39 is 0 Å². The predicted octanol–water partition coefficient (Wildman–Crippen LogP) is 2.92. The Labute approximate surface area is 106 Å². The fraction of sp³-hybridized carbons (Fsp3) is 0.786. The van der Waals surface area contributed by atoms with E-state index in [1.54, 1.807) is 0 Å². The third-order valence-electron chi connectivity index (χ3n) is 3.15. The highest BCUT2D eigenvalue weighted by atomic mass is 15.3. The number of rotatable bonds is 8. The number of hydrogen-bond donors (Lipinski definition) is 1. The molecule has 17 heavy (non-hydrogen) atoms. The molecule has 1 unspecified atom stereocenters. The Morgan fingerprint density at radius 3 is 2.88 bits per heavy atom. The van der Waals surface area contributed by atoms with Crippen LogP contribution in [0.2, 0.25) is 0 Å². The first kappa shape index (κ1) is 14.2. The van der Waals surface area contributed by atoms with Gasteiger partial charge in [0.05, 0.1) is 12.7 Å². The van der Waals surface area contributed by atoms with Crippen LogP contribution in [0.4, 0.5) is 0 Å². The molecule has 1 rings (SSSR count). The minimum atomic E-state index is 0.0919. The first-order valence-electron chi connectivity index (χ1n) is 6.96. The quantitative estimate of drug-likeness (QED) is 0.521. The lowest BCUT2D eigenvalue weighted by Crippen LogP contribution is -2.41. The lowest BCUT2D eigenvalue weighted by molar-refractivity contribution is 0.362. The van der Waals surface area contributed by atoms with Crippen molar-refractivity contribution in [3.8, 4) is 0 Å². The van der Waals surface area contributed by atoms with E-state index in [0.29, 0.717) is 0 Å². The van der Waals surface area contributed by atoms with Crippen molar-refractivity contribution < 1.29 is 0 Å². The highest BCUT2D eigenvalue weighted by Crippen LogP contribution is 2.09. The average Bonchev–Trinajstić information content (AvgIpc) is 2.76. The zero-order valence-electron chi connectivity index (χ0n) is 11.4. The lowest BCUT2D eigenvalue weighted by atomic mass is 10.1. The summed E-state index contributed by atoms with van der Waals surface area (Å²) in [6.45, 7) is 6.16. The van der Waals surface area contributed by atoms with E-state index in [1.165, 1.54) is 32.1 Å². The van der Waals surface area contributed by atoms with E-state index in [4.69, 9.17) is 5.73 Å². The van der Waals surface area contributed by atoms with Crippen LogP contribution < -0.4 is 5.73 Å². The molecule has 0 spiro atoms. The Balaban J connectivity index is 2.15. The summed E-state index contributed by atoms with van der Waals surface area (Å²) in [7, 11) is 0. The second-order valence-corrected chi connectivity index (χ2v) is 4.76. The number of nitrogens with zero attached hydrogens (tertiary/aromatic N) is 2. The second kappa shape index (κ2) is 8.29. The van der Waals surface area contributed by atoms with Crippen molar-refractivity contribution in [1.29, 1.82) is 0 Å². The van der Waals surface area contributed by atoms with Gasteiger partial charge in [-0.2, -0.15) is 0 Å². The molecule has 1 heterocycles. The minimum absolute atomic E-state index is 0.0919. The normalized spacial score (nSPS) is 17.8. The van der Waals surface area contributed by atoms with Crippen LogP contribution in [0.5, 0.6) is 0 Å². The van der Waals surface area contributed by atoms with Crippen molar-refractivity contribution in [2.75, 3.05) is 13.1 Å². The summed E-state index contributed by atoms with van der Waals surface area (Å²) >= 11 is 0. The maximum absolute atomic E-state index is 5.89. The Kier molecular flexibility index (Phi) is 6.94. The first-order valence-corrected chi connectivity index (χ1v) is 6.96. The monoisotopic (exact) mass is 237 g/mol. The summed E-state index contributed by atoms with van der Waals surface area (Å²) in [5.41, 5.74) is 5.89. The maximum atomic E-state index is 5.89. The summed E-state index contributed by atoms with van der Waals surface area (Å²) in [4.78, 5) is 6.69. The van der Waals surface area contributed by atoms with Gasteiger partial charge in [0.15, 0.2) is 0 Å². The molecule has 0 bridgehead atoms. The van der Waals surface area contributed by atoms with Gasteiger partial charge in [0.1, 0.15) is 5.84 Å². The number of aliphatic imine (C=N–C) groups is 1. The van der Waals surface area contributed by atoms with E-state index in [0.717, 1.165) is 25.3 Å². The molecule has 1 atom stereocenters. The van der Waals surface area contributed by atoms with Gasteiger partial charge in [-0.1, -0.05) is 38.3 Å². The molecule has 2 N–H and O–H groups in total. The minimum Gasteiger partial charge on any atom is -0.343 e. The molecular weight excluding hydrogens is 210 g/mol. The molecule has 0 radical (unpaired) electrons. The van der Waals surface area contributed by atoms with E-state index in [1.807, 2.05) is 6.92 Å². The molecule has 3 nitrogen and oxygen atoms in total. The smallest absolute Gasteiger partial charge is 0.104 e. The molecule has 0 saturated heterocycles. The van der Waals surface area contributed by atoms with Gasteiger partial charge in [-0.3, -0.25) is 4.99 Å². The topological polar surface area (TPSA) is 41.6 Å². The van der Waals surface area contributed by atoms with Crippen LogP contribution in [0, 0.1) is 0 Å². The number of hydrogen-bond acceptors (Lipinski definition) is 3. The molecule has 0 aliphatic carbocycles. The van der Waals surface area contributed by atoms with E-state index in [-0.39, 0.29) is 6.17 Å². The van der Waals surface area contributed by atoms with Gasteiger partial charge in [0.25, 0.3) is 0 Å². The molecule has 0 aromatic heterocycles. The van der Waals surface area contributed by atoms with Crippen LogP contribution in [-0.2, 0) is 0 Å². The highest BCUT2D eigenvalue weighted by molar-refractivity contribution is 5.85. The molecular formula is C14H27N3. The number of nitrogens with two attached hydrogens (primary N) is 1. The van der Waals surface area contributed by atoms with Gasteiger partial charge in [-0.05, 0) is 19.8 Å². The van der Waals surface area contributed by atoms with E-state index in [9.17, 15) is 0 Å². The van der Waals surface area contributed by atoms with Crippen molar-refractivity contribution >= 4 is 5.84 Å². The van der Waals surface area contributed by atoms with Crippen LogP contribution in [0.15, 0.2) is 17.1 Å². The van der Waals surface area contributed by atoms with Crippen molar-refractivity contribution in [1.82, 2.24) is 4.90 Å². The molecule has 0 aromatic carbocycles. The summed E-state index contributed by atoms with van der Waals surface area (Å²) in [6.07, 6.45) is 12.1. The lowest BCUT2D eigenvalue weighted by Gasteiger charge is -2.23. The summed E-state index contributed by atoms with van der Waals surface area (Å²) < 4.78 is 0. The van der Waals surface area contributed by atoms with Gasteiger partial charge in [0, 0.05) is 13.0 Å². The molecule has 0 aromatic rings. The number of unbranched alkanes of at least 4 members (excludes halogenated alkanes) is 4. The van der Waals surface area contributed by atoms with Gasteiger partial charge < -0.3 is 10.6 Å². The maximum Gasteiger partial charge on any atom is 0.104 e. The predicted molar refractivity (Wildman–Crippen MR) is 75.2 cm³/mol. The fourth-order valence-corrected chi connectivity index (χ4v) is 2.12. The van der Waals surface area contributed by atoms with E-state index >= 15 is 0 Å². The summed E-state index contributed by atoms with van der Waals surface area (Å²) in [5, 5.41) is 0. The molecule has 3 heteroatoms. The second-order valence-electron chi connectivity index (χ2n) is 4.76. The Morgan fingerprint density at radius 2 is 2.18 bits per heavy atom. The molecule has 98 valence electrons. The van der Waals surface area contributed by atoms with Crippen LogP contribution in [-0.4, -0.2) is 30.0 Å². The standard InChI is InChI=1S/C14H27N3/c1-3-4-5-6-7-8-9-10-14-16-11-12-17(14)13(2)15/h8-9,13H,3-7,10-12,15H2,1-2H3/b9-8+. The van der Waals surface area contributed by atoms with Gasteiger partial charge in [-0.25, -0.2) is 0 Å². The largest absolute Gasteiger partial charge is 0.343 e. The van der Waals surface area contributed by atoms with Crippen molar-refractivity contribution in [2.45, 2.75) is 58.5 Å². The van der Waals surface area contributed by atoms with E-state index in [2.05, 4.69) is 29.0 Å². The SMILES string of the molecule is CCCCCC/C=C/CC1=NCCN1C(C)N. The zero-order chi connectivity index (χ0) is 12.5. The Morgan fingerprint density at radius 1 is 1.35 bits per heavy atom. The van der Waals surface area contributed by atoms with Crippen LogP contribution >= 0.6 is 0 Å². The van der Waals surface area contributed by atoms with Crippen LogP contribution in [0.25, 0.3) is 0 Å². The zero-order valence-corrected chi connectivity index (χ0v) is 11.4. The van der Waals surface area contributed by atoms with Crippen molar-refractivity contribution in [3.05, 3.63) is 12.2 Å². The van der Waals surface area contributed by atoms with Gasteiger partial charge in [0.2, 0.25) is 0 Å². The summed E-state index contributed by atoms with van der Waals surface area (Å²) in [5.74, 6) is 1.16. The van der Waals surface area contributed by atoms with Crippen LogP contribution in [0.1, 0.15) is 52.4 Å². The molecule has 0 saturated carbocycles. The van der Waals surface area contributed by atoms with Gasteiger partial charge in [-0.15, -0.1) is 0 Å². The fourth-order valence-electron chi connectivity index (χ4n) is 2.12. The third kappa shape index (κ3) is 5.35. The number of allylic oxidation sites excluding steroid dienone is 1. The Bertz CT molecular complexity index is 256.